The van der Waals surface area contributed by atoms with Gasteiger partial charge in [-0.05, 0) is 32.9 Å². The zero-order valence-corrected chi connectivity index (χ0v) is 13.0. The number of hydrogen-bond donors (Lipinski definition) is 1. The van der Waals surface area contributed by atoms with Crippen molar-refractivity contribution in [2.24, 2.45) is 0 Å². The maximum absolute atomic E-state index is 12.3. The third-order valence-corrected chi connectivity index (χ3v) is 3.72. The number of benzene rings is 1. The van der Waals surface area contributed by atoms with E-state index < -0.39 is 4.92 Å². The Hall–Kier alpha value is -1.99. The molecule has 1 N–H and O–H groups in total. The Labute approximate surface area is 129 Å². The third kappa shape index (κ3) is 4.02. The molecule has 0 saturated carbocycles. The van der Waals surface area contributed by atoms with Gasteiger partial charge in [0.1, 0.15) is 0 Å². The van der Waals surface area contributed by atoms with Gasteiger partial charge in [0, 0.05) is 30.9 Å². The first-order chi connectivity index (χ1) is 10.4. The third-order valence-electron chi connectivity index (χ3n) is 3.72. The second kappa shape index (κ2) is 6.85. The summed E-state index contributed by atoms with van der Waals surface area (Å²) in [5.74, 6) is -0.129. The molecule has 0 aromatic heterocycles. The zero-order chi connectivity index (χ0) is 16.3. The largest absolute Gasteiger partial charge is 0.373 e. The second-order valence-corrected chi connectivity index (χ2v) is 5.68. The number of nitrogens with one attached hydrogen (secondary N) is 1. The molecule has 0 radical (unpaired) electrons. The van der Waals surface area contributed by atoms with E-state index in [0.29, 0.717) is 18.8 Å². The molecule has 1 aromatic carbocycles. The molecule has 1 aliphatic rings. The summed E-state index contributed by atoms with van der Waals surface area (Å²) in [4.78, 5) is 24.5. The summed E-state index contributed by atoms with van der Waals surface area (Å²) in [6.07, 6.45) is 0.191. The average molecular weight is 307 g/mol. The van der Waals surface area contributed by atoms with Crippen LogP contribution in [-0.2, 0) is 9.53 Å². The van der Waals surface area contributed by atoms with Crippen molar-refractivity contribution >= 4 is 17.3 Å². The van der Waals surface area contributed by atoms with Gasteiger partial charge in [0.05, 0.1) is 23.2 Å². The van der Waals surface area contributed by atoms with Crippen LogP contribution < -0.4 is 5.32 Å². The van der Waals surface area contributed by atoms with E-state index in [0.717, 1.165) is 0 Å². The number of carbonyl (C=O) groups excluding carboxylic acids is 1. The number of hydrogen-bond acceptors (Lipinski definition) is 5. The lowest BCUT2D eigenvalue weighted by molar-refractivity contribution is -0.384. The Morgan fingerprint density at radius 3 is 2.36 bits per heavy atom. The van der Waals surface area contributed by atoms with Gasteiger partial charge >= 0.3 is 0 Å². The van der Waals surface area contributed by atoms with Crippen molar-refractivity contribution in [1.29, 1.82) is 0 Å². The Bertz CT molecular complexity index is 536. The summed E-state index contributed by atoms with van der Waals surface area (Å²) in [7, 11) is 0. The van der Waals surface area contributed by atoms with E-state index in [1.165, 1.54) is 24.3 Å². The Morgan fingerprint density at radius 1 is 1.32 bits per heavy atom. The number of non-ortho nitro benzene ring substituents is 1. The highest BCUT2D eigenvalue weighted by Crippen LogP contribution is 2.17. The van der Waals surface area contributed by atoms with Crippen LogP contribution in [0.25, 0.3) is 0 Å². The Morgan fingerprint density at radius 2 is 1.86 bits per heavy atom. The van der Waals surface area contributed by atoms with Crippen molar-refractivity contribution in [3.63, 3.8) is 0 Å². The van der Waals surface area contributed by atoms with E-state index in [9.17, 15) is 14.9 Å². The highest BCUT2D eigenvalue weighted by Gasteiger charge is 2.29. The lowest BCUT2D eigenvalue weighted by Gasteiger charge is -2.38. The summed E-state index contributed by atoms with van der Waals surface area (Å²) in [5.41, 5.74) is 0.554. The predicted octanol–water partition coefficient (Wildman–Crippen LogP) is 2.03. The zero-order valence-electron chi connectivity index (χ0n) is 13.0. The number of carbonyl (C=O) groups is 1. The van der Waals surface area contributed by atoms with Crippen LogP contribution in [0.3, 0.4) is 0 Å². The lowest BCUT2D eigenvalue weighted by Crippen LogP contribution is -2.52. The first-order valence-electron chi connectivity index (χ1n) is 7.31. The number of nitro groups is 1. The molecule has 1 amide bonds. The molecule has 1 heterocycles. The van der Waals surface area contributed by atoms with Crippen LogP contribution in [0, 0.1) is 10.1 Å². The molecule has 0 aliphatic carbocycles. The van der Waals surface area contributed by atoms with Crippen molar-refractivity contribution in [2.45, 2.75) is 39.0 Å². The van der Waals surface area contributed by atoms with E-state index in [1.807, 2.05) is 20.8 Å². The van der Waals surface area contributed by atoms with Crippen LogP contribution in [0.4, 0.5) is 11.4 Å². The summed E-state index contributed by atoms with van der Waals surface area (Å²) in [5, 5.41) is 13.4. The molecule has 1 fully saturated rings. The second-order valence-electron chi connectivity index (χ2n) is 5.68. The molecule has 0 unspecified atom stereocenters. The van der Waals surface area contributed by atoms with Crippen molar-refractivity contribution in [3.8, 4) is 0 Å². The van der Waals surface area contributed by atoms with Crippen molar-refractivity contribution < 1.29 is 14.5 Å². The first kappa shape index (κ1) is 16.4. The molecule has 1 aliphatic heterocycles. The van der Waals surface area contributed by atoms with Gasteiger partial charge in [0.2, 0.25) is 5.91 Å². The Balaban J connectivity index is 1.97. The minimum absolute atomic E-state index is 0.00174. The molecule has 0 spiro atoms. The number of nitro benzene ring substituents is 1. The highest BCUT2D eigenvalue weighted by molar-refractivity contribution is 5.94. The molecular formula is C15H21N3O4. The molecule has 0 bridgehead atoms. The predicted molar refractivity (Wildman–Crippen MR) is 82.8 cm³/mol. The van der Waals surface area contributed by atoms with Gasteiger partial charge in [-0.15, -0.1) is 0 Å². The summed E-state index contributed by atoms with van der Waals surface area (Å²) in [6, 6.07) is 5.53. The fourth-order valence-electron chi connectivity index (χ4n) is 2.61. The summed E-state index contributed by atoms with van der Waals surface area (Å²) in [6.45, 7) is 7.25. The summed E-state index contributed by atoms with van der Waals surface area (Å²) >= 11 is 0. The average Bonchev–Trinajstić information content (AvgIpc) is 2.46. The van der Waals surface area contributed by atoms with Gasteiger partial charge in [-0.1, -0.05) is 0 Å². The molecular weight excluding hydrogens is 286 g/mol. The van der Waals surface area contributed by atoms with E-state index in [4.69, 9.17) is 4.74 Å². The van der Waals surface area contributed by atoms with E-state index >= 15 is 0 Å². The Kier molecular flexibility index (Phi) is 5.10. The molecule has 7 heteroatoms. The smallest absolute Gasteiger partial charge is 0.269 e. The van der Waals surface area contributed by atoms with Gasteiger partial charge in [-0.2, -0.15) is 0 Å². The van der Waals surface area contributed by atoms with E-state index in [1.54, 1.807) is 0 Å². The van der Waals surface area contributed by atoms with Crippen LogP contribution in [-0.4, -0.2) is 47.1 Å². The van der Waals surface area contributed by atoms with Crippen LogP contribution in [0.2, 0.25) is 0 Å². The van der Waals surface area contributed by atoms with Crippen molar-refractivity contribution in [1.82, 2.24) is 4.90 Å². The molecule has 3 atom stereocenters. The van der Waals surface area contributed by atoms with Gasteiger partial charge in [-0.3, -0.25) is 19.8 Å². The van der Waals surface area contributed by atoms with E-state index in [2.05, 4.69) is 10.2 Å². The maximum atomic E-state index is 12.3. The monoisotopic (exact) mass is 307 g/mol. The van der Waals surface area contributed by atoms with Gasteiger partial charge in [0.25, 0.3) is 5.69 Å². The molecule has 1 saturated heterocycles. The normalized spacial score (nSPS) is 23.8. The fraction of sp³-hybridized carbons (Fsp3) is 0.533. The molecule has 120 valence electrons. The van der Waals surface area contributed by atoms with Crippen LogP contribution in [0.5, 0.6) is 0 Å². The number of morpholine rings is 1. The molecule has 2 rings (SSSR count). The molecule has 22 heavy (non-hydrogen) atoms. The van der Waals surface area contributed by atoms with Crippen molar-refractivity contribution in [2.75, 3.05) is 18.4 Å². The van der Waals surface area contributed by atoms with Crippen LogP contribution >= 0.6 is 0 Å². The first-order valence-corrected chi connectivity index (χ1v) is 7.31. The topological polar surface area (TPSA) is 84.7 Å². The van der Waals surface area contributed by atoms with Gasteiger partial charge in [0.15, 0.2) is 0 Å². The number of amides is 1. The minimum Gasteiger partial charge on any atom is -0.373 e. The van der Waals surface area contributed by atoms with Crippen molar-refractivity contribution in [3.05, 3.63) is 34.4 Å². The number of nitrogens with zero attached hydrogens (tertiary/aromatic N) is 2. The van der Waals surface area contributed by atoms with Gasteiger partial charge in [-0.25, -0.2) is 0 Å². The fourth-order valence-corrected chi connectivity index (χ4v) is 2.61. The standard InChI is InChI=1S/C15H21N3O4/c1-10-8-17(9-11(2)22-10)12(3)15(19)16-13-4-6-14(7-5-13)18(20)21/h4-7,10-12H,8-9H2,1-3H3,(H,16,19)/t10-,11-,12+/m0/s1. The SMILES string of the molecule is C[C@H](C(=O)Nc1ccc([N+](=O)[O-])cc1)N1C[C@H](C)O[C@@H](C)C1. The number of ether oxygens (including phenoxy) is 1. The van der Waals surface area contributed by atoms with Crippen LogP contribution in [0.1, 0.15) is 20.8 Å². The molecule has 1 aromatic rings. The molecule has 7 nitrogen and oxygen atoms in total. The number of anilines is 1. The highest BCUT2D eigenvalue weighted by atomic mass is 16.6. The van der Waals surface area contributed by atoms with Crippen LogP contribution in [0.15, 0.2) is 24.3 Å². The lowest BCUT2D eigenvalue weighted by atomic mass is 10.1. The summed E-state index contributed by atoms with van der Waals surface area (Å²) < 4.78 is 5.66. The number of rotatable bonds is 4. The van der Waals surface area contributed by atoms with E-state index in [-0.39, 0.29) is 29.8 Å². The quantitative estimate of drug-likeness (QED) is 0.679. The van der Waals surface area contributed by atoms with Gasteiger partial charge < -0.3 is 10.1 Å². The minimum atomic E-state index is -0.468. The maximum Gasteiger partial charge on any atom is 0.269 e.